The summed E-state index contributed by atoms with van der Waals surface area (Å²) in [5.41, 5.74) is 5.15. The minimum absolute atomic E-state index is 0.0619. The van der Waals surface area contributed by atoms with Crippen molar-refractivity contribution < 1.29 is 37.7 Å². The van der Waals surface area contributed by atoms with Crippen LogP contribution in [0.3, 0.4) is 0 Å². The first-order valence-corrected chi connectivity index (χ1v) is 18.6. The van der Waals surface area contributed by atoms with E-state index < -0.39 is 32.5 Å². The van der Waals surface area contributed by atoms with Crippen LogP contribution in [0.15, 0.2) is 48.8 Å². The van der Waals surface area contributed by atoms with Crippen molar-refractivity contribution in [1.82, 2.24) is 4.57 Å². The van der Waals surface area contributed by atoms with Crippen molar-refractivity contribution in [2.75, 3.05) is 28.4 Å². The summed E-state index contributed by atoms with van der Waals surface area (Å²) in [5.74, 6) is 0.417. The van der Waals surface area contributed by atoms with Crippen LogP contribution in [0.25, 0.3) is 0 Å². The molecule has 4 rings (SSSR count). The zero-order valence-electron chi connectivity index (χ0n) is 28.9. The average molecular weight is 652 g/mol. The second kappa shape index (κ2) is 14.4. The lowest BCUT2D eigenvalue weighted by atomic mass is 10.0. The summed E-state index contributed by atoms with van der Waals surface area (Å²) >= 11 is 0. The predicted molar refractivity (Wildman–Crippen MR) is 179 cm³/mol. The Bertz CT molecular complexity index is 1490. The first-order chi connectivity index (χ1) is 21.7. The number of methoxy groups -OCH3 is 4. The van der Waals surface area contributed by atoms with Crippen LogP contribution in [0.1, 0.15) is 65.1 Å². The monoisotopic (exact) mass is 651 g/mol. The van der Waals surface area contributed by atoms with Gasteiger partial charge in [-0.05, 0) is 72.3 Å². The number of hydrogen-bond acceptors (Lipinski definition) is 8. The molecule has 9 nitrogen and oxygen atoms in total. The Morgan fingerprint density at radius 3 is 2.02 bits per heavy atom. The van der Waals surface area contributed by atoms with Crippen molar-refractivity contribution in [3.63, 3.8) is 0 Å². The highest BCUT2D eigenvalue weighted by molar-refractivity contribution is 6.74. The Kier molecular flexibility index (Phi) is 11.1. The van der Waals surface area contributed by atoms with Crippen LogP contribution in [-0.2, 0) is 49.2 Å². The molecule has 1 aromatic heterocycles. The summed E-state index contributed by atoms with van der Waals surface area (Å²) in [7, 11) is 3.57. The molecule has 0 spiro atoms. The molecular formula is C36H49NO8Si. The summed E-state index contributed by atoms with van der Waals surface area (Å²) < 4.78 is 37.8. The topological polar surface area (TPSA) is 94.5 Å². The van der Waals surface area contributed by atoms with Crippen molar-refractivity contribution >= 4 is 20.3 Å². The Hall–Kier alpha value is -3.60. The summed E-state index contributed by atoms with van der Waals surface area (Å²) in [6.07, 6.45) is 3.93. The number of hydrogen-bond donors (Lipinski definition) is 0. The predicted octanol–water partition coefficient (Wildman–Crippen LogP) is 6.63. The number of fused-ring (bicyclic) bond motifs is 1. The largest absolute Gasteiger partial charge is 0.496 e. The minimum Gasteiger partial charge on any atom is -0.496 e. The molecule has 0 saturated carbocycles. The number of carbonyl (C=O) groups excluding carboxylic acids is 2. The van der Waals surface area contributed by atoms with Gasteiger partial charge >= 0.3 is 11.9 Å². The summed E-state index contributed by atoms with van der Waals surface area (Å²) in [4.78, 5) is 25.0. The number of esters is 2. The molecule has 2 unspecified atom stereocenters. The average Bonchev–Trinajstić information content (AvgIpc) is 3.61. The summed E-state index contributed by atoms with van der Waals surface area (Å²) in [6.45, 7) is 13.4. The number of rotatable bonds is 13. The van der Waals surface area contributed by atoms with Crippen molar-refractivity contribution in [2.24, 2.45) is 0 Å². The lowest BCUT2D eigenvalue weighted by Crippen LogP contribution is -2.45. The van der Waals surface area contributed by atoms with Crippen LogP contribution in [0.2, 0.25) is 18.1 Å². The van der Waals surface area contributed by atoms with Gasteiger partial charge in [-0.15, -0.1) is 0 Å². The molecule has 250 valence electrons. The van der Waals surface area contributed by atoms with Gasteiger partial charge in [0.1, 0.15) is 17.6 Å². The first-order valence-electron chi connectivity index (χ1n) is 15.7. The van der Waals surface area contributed by atoms with Gasteiger partial charge in [-0.2, -0.15) is 0 Å². The fraction of sp³-hybridized carbons (Fsp3) is 0.500. The van der Waals surface area contributed by atoms with E-state index in [2.05, 4.69) is 58.1 Å². The molecule has 2 aromatic carbocycles. The second-order valence-electron chi connectivity index (χ2n) is 13.5. The molecule has 0 bridgehead atoms. The molecule has 1 heterocycles. The maximum absolute atomic E-state index is 12.8. The number of ether oxygens (including phenoxy) is 5. The van der Waals surface area contributed by atoms with E-state index in [1.54, 1.807) is 26.6 Å². The van der Waals surface area contributed by atoms with Gasteiger partial charge in [-0.3, -0.25) is 4.79 Å². The van der Waals surface area contributed by atoms with Crippen LogP contribution < -0.4 is 9.47 Å². The molecule has 0 amide bonds. The van der Waals surface area contributed by atoms with Gasteiger partial charge in [-0.1, -0.05) is 45.0 Å². The molecule has 0 aliphatic heterocycles. The normalized spacial score (nSPS) is 14.8. The quantitative estimate of drug-likeness (QED) is 0.150. The van der Waals surface area contributed by atoms with Gasteiger partial charge < -0.3 is 32.7 Å². The van der Waals surface area contributed by atoms with E-state index in [0.717, 1.165) is 24.0 Å². The molecule has 1 aliphatic carbocycles. The number of nitrogens with zero attached hydrogens (tertiary/aromatic N) is 1. The van der Waals surface area contributed by atoms with E-state index in [1.807, 2.05) is 23.6 Å². The summed E-state index contributed by atoms with van der Waals surface area (Å²) in [5, 5.41) is -0.0859. The van der Waals surface area contributed by atoms with Gasteiger partial charge in [0.2, 0.25) is 0 Å². The highest BCUT2D eigenvalue weighted by Crippen LogP contribution is 2.44. The lowest BCUT2D eigenvalue weighted by molar-refractivity contribution is -0.139. The van der Waals surface area contributed by atoms with E-state index >= 15 is 0 Å². The van der Waals surface area contributed by atoms with E-state index in [1.165, 1.54) is 25.3 Å². The molecule has 0 N–H and O–H groups in total. The van der Waals surface area contributed by atoms with Crippen LogP contribution >= 0.6 is 0 Å². The Labute approximate surface area is 274 Å². The molecule has 3 aromatic rings. The smallest absolute Gasteiger partial charge is 0.339 e. The van der Waals surface area contributed by atoms with Gasteiger partial charge in [0.25, 0.3) is 0 Å². The van der Waals surface area contributed by atoms with Gasteiger partial charge in [0.05, 0.1) is 59.2 Å². The molecule has 0 saturated heterocycles. The SMILES string of the molecule is COC(=O)Cc1cn(CC(OC2Cc3ccccc3C2)C(O[Si](C)(C)C(C)(C)C)c2cc(OC)c(C)c(OC)c2)cc1C(=O)OC. The first kappa shape index (κ1) is 35.3. The fourth-order valence-corrected chi connectivity index (χ4v) is 7.00. The second-order valence-corrected chi connectivity index (χ2v) is 18.2. The highest BCUT2D eigenvalue weighted by Gasteiger charge is 2.43. The lowest BCUT2D eigenvalue weighted by Gasteiger charge is -2.42. The van der Waals surface area contributed by atoms with Crippen LogP contribution in [-0.4, -0.2) is 65.5 Å². The molecule has 1 aliphatic rings. The third-order valence-corrected chi connectivity index (χ3v) is 13.8. The van der Waals surface area contributed by atoms with Crippen LogP contribution in [0.4, 0.5) is 0 Å². The maximum atomic E-state index is 12.8. The fourth-order valence-electron chi connectivity index (χ4n) is 5.73. The van der Waals surface area contributed by atoms with E-state index in [0.29, 0.717) is 29.2 Å². The van der Waals surface area contributed by atoms with E-state index in [9.17, 15) is 9.59 Å². The van der Waals surface area contributed by atoms with Crippen LogP contribution in [0, 0.1) is 6.92 Å². The van der Waals surface area contributed by atoms with Crippen molar-refractivity contribution in [3.05, 3.63) is 82.2 Å². The molecule has 10 heteroatoms. The van der Waals surface area contributed by atoms with Gasteiger partial charge in [0.15, 0.2) is 8.32 Å². The Morgan fingerprint density at radius 1 is 0.935 bits per heavy atom. The third-order valence-electron chi connectivity index (χ3n) is 9.37. The molecular weight excluding hydrogens is 602 g/mol. The number of benzene rings is 2. The third kappa shape index (κ3) is 7.85. The highest BCUT2D eigenvalue weighted by atomic mass is 28.4. The van der Waals surface area contributed by atoms with Crippen LogP contribution in [0.5, 0.6) is 11.5 Å². The zero-order chi connectivity index (χ0) is 33.8. The molecule has 0 fully saturated rings. The Morgan fingerprint density at radius 2 is 1.52 bits per heavy atom. The molecule has 2 atom stereocenters. The van der Waals surface area contributed by atoms with Gasteiger partial charge in [0, 0.05) is 18.0 Å². The van der Waals surface area contributed by atoms with Crippen molar-refractivity contribution in [3.8, 4) is 11.5 Å². The van der Waals surface area contributed by atoms with E-state index in [4.69, 9.17) is 28.1 Å². The van der Waals surface area contributed by atoms with E-state index in [-0.39, 0.29) is 17.6 Å². The van der Waals surface area contributed by atoms with Gasteiger partial charge in [-0.25, -0.2) is 4.79 Å². The molecule has 46 heavy (non-hydrogen) atoms. The maximum Gasteiger partial charge on any atom is 0.339 e. The Balaban J connectivity index is 1.85. The van der Waals surface area contributed by atoms with Crippen molar-refractivity contribution in [1.29, 1.82) is 0 Å². The summed E-state index contributed by atoms with van der Waals surface area (Å²) in [6, 6.07) is 12.4. The number of carbonyl (C=O) groups is 2. The molecule has 0 radical (unpaired) electrons. The minimum atomic E-state index is -2.38. The van der Waals surface area contributed by atoms with Crippen molar-refractivity contribution in [2.45, 2.75) is 89.9 Å². The number of aromatic nitrogens is 1. The standard InChI is InChI=1S/C36H49NO8Si/c1-23-30(40-5)17-26(18-31(23)41-6)34(45-46(9,10)36(2,3)4)32(44-28-15-24-13-11-12-14-25(24)16-28)22-37-20-27(19-33(38)42-7)29(21-37)35(39)43-8/h11-14,17-18,20-21,28,32,34H,15-16,19,22H2,1-10H3. The zero-order valence-corrected chi connectivity index (χ0v) is 29.9.